The highest BCUT2D eigenvalue weighted by Crippen LogP contribution is 2.32. The zero-order valence-corrected chi connectivity index (χ0v) is 14.8. The second-order valence-corrected chi connectivity index (χ2v) is 7.32. The van der Waals surface area contributed by atoms with Gasteiger partial charge in [-0.05, 0) is 35.7 Å². The Balaban J connectivity index is 1.47. The maximum Gasteiger partial charge on any atom is 0.416 e. The molecule has 0 saturated carbocycles. The molecule has 3 heterocycles. The minimum atomic E-state index is -4.39. The first-order chi connectivity index (χ1) is 12.9. The summed E-state index contributed by atoms with van der Waals surface area (Å²) in [6.07, 6.45) is -4.11. The lowest BCUT2D eigenvalue weighted by atomic mass is 10.1. The summed E-state index contributed by atoms with van der Waals surface area (Å²) in [6, 6.07) is 8.45. The molecule has 9 heteroatoms. The topological polar surface area (TPSA) is 59.2 Å². The van der Waals surface area contributed by atoms with Gasteiger partial charge in [-0.15, -0.1) is 11.3 Å². The lowest BCUT2D eigenvalue weighted by molar-refractivity contribution is -0.137. The molecule has 5 nitrogen and oxygen atoms in total. The molecule has 1 saturated heterocycles. The highest BCUT2D eigenvalue weighted by molar-refractivity contribution is 7.09. The van der Waals surface area contributed by atoms with E-state index < -0.39 is 11.7 Å². The summed E-state index contributed by atoms with van der Waals surface area (Å²) in [4.78, 5) is 19.4. The van der Waals surface area contributed by atoms with Crippen LogP contribution in [-0.2, 0) is 17.5 Å². The highest BCUT2D eigenvalue weighted by Gasteiger charge is 2.34. The third-order valence-corrected chi connectivity index (χ3v) is 5.27. The fraction of sp³-hybridized carbons (Fsp3) is 0.278. The molecule has 1 atom stereocenters. The fourth-order valence-electron chi connectivity index (χ4n) is 3.01. The van der Waals surface area contributed by atoms with Crippen molar-refractivity contribution in [3.05, 3.63) is 58.0 Å². The molecular formula is C18H14F3N3O2S. The van der Waals surface area contributed by atoms with Crippen LogP contribution < -0.4 is 0 Å². The zero-order chi connectivity index (χ0) is 19.0. The molecule has 1 fully saturated rings. The lowest BCUT2D eigenvalue weighted by Gasteiger charge is -2.14. The molecule has 27 heavy (non-hydrogen) atoms. The van der Waals surface area contributed by atoms with Gasteiger partial charge in [-0.25, -0.2) is 0 Å². The van der Waals surface area contributed by atoms with Crippen LogP contribution in [-0.4, -0.2) is 27.5 Å². The van der Waals surface area contributed by atoms with Crippen LogP contribution in [0.2, 0.25) is 0 Å². The average molecular weight is 393 g/mol. The molecule has 4 rings (SSSR count). The maximum atomic E-state index is 12.7. The Morgan fingerprint density at radius 1 is 1.22 bits per heavy atom. The van der Waals surface area contributed by atoms with Gasteiger partial charge in [0.2, 0.25) is 5.91 Å². The maximum absolute atomic E-state index is 12.7. The standard InChI is InChI=1S/C18H14F3N3O2S/c19-18(20,21)13-5-3-11(4-6-13)17-22-16(23-26-17)12-8-15(25)24(9-12)10-14-2-1-7-27-14/h1-7,12H,8-10H2. The highest BCUT2D eigenvalue weighted by atomic mass is 32.1. The molecule has 3 aromatic rings. The van der Waals surface area contributed by atoms with Crippen LogP contribution in [0.3, 0.4) is 0 Å². The zero-order valence-electron chi connectivity index (χ0n) is 13.9. The number of benzene rings is 1. The molecule has 1 aliphatic rings. The molecular weight excluding hydrogens is 379 g/mol. The number of likely N-dealkylation sites (tertiary alicyclic amines) is 1. The van der Waals surface area contributed by atoms with E-state index in [9.17, 15) is 18.0 Å². The van der Waals surface area contributed by atoms with Crippen molar-refractivity contribution < 1.29 is 22.5 Å². The van der Waals surface area contributed by atoms with Crippen LogP contribution >= 0.6 is 11.3 Å². The van der Waals surface area contributed by atoms with Crippen molar-refractivity contribution in [3.8, 4) is 11.5 Å². The summed E-state index contributed by atoms with van der Waals surface area (Å²) in [7, 11) is 0. The van der Waals surface area contributed by atoms with E-state index in [1.165, 1.54) is 12.1 Å². The van der Waals surface area contributed by atoms with E-state index in [2.05, 4.69) is 10.1 Å². The van der Waals surface area contributed by atoms with Gasteiger partial charge in [-0.1, -0.05) is 11.2 Å². The number of hydrogen-bond acceptors (Lipinski definition) is 5. The van der Waals surface area contributed by atoms with Crippen molar-refractivity contribution in [2.45, 2.75) is 25.1 Å². The number of aromatic nitrogens is 2. The first kappa shape index (κ1) is 17.7. The Bertz CT molecular complexity index is 936. The molecule has 1 amide bonds. The van der Waals surface area contributed by atoms with Crippen LogP contribution in [0.5, 0.6) is 0 Å². The third kappa shape index (κ3) is 3.73. The SMILES string of the molecule is O=C1CC(c2noc(-c3ccc(C(F)(F)F)cc3)n2)CN1Cc1cccs1. The largest absolute Gasteiger partial charge is 0.416 e. The second-order valence-electron chi connectivity index (χ2n) is 6.29. The van der Waals surface area contributed by atoms with E-state index in [0.29, 0.717) is 24.5 Å². The van der Waals surface area contributed by atoms with E-state index in [1.807, 2.05) is 17.5 Å². The summed E-state index contributed by atoms with van der Waals surface area (Å²) in [6.45, 7) is 1.04. The molecule has 0 radical (unpaired) electrons. The Hall–Kier alpha value is -2.68. The van der Waals surface area contributed by atoms with E-state index >= 15 is 0 Å². The molecule has 1 unspecified atom stereocenters. The molecule has 1 aromatic carbocycles. The molecule has 0 N–H and O–H groups in total. The van der Waals surface area contributed by atoms with Gasteiger partial charge in [0, 0.05) is 29.3 Å². The molecule has 1 aliphatic heterocycles. The number of carbonyl (C=O) groups is 1. The first-order valence-corrected chi connectivity index (χ1v) is 9.09. The third-order valence-electron chi connectivity index (χ3n) is 4.41. The van der Waals surface area contributed by atoms with Crippen molar-refractivity contribution in [3.63, 3.8) is 0 Å². The quantitative estimate of drug-likeness (QED) is 0.662. The predicted molar refractivity (Wildman–Crippen MR) is 91.8 cm³/mol. The lowest BCUT2D eigenvalue weighted by Crippen LogP contribution is -2.23. The normalized spacial score (nSPS) is 17.7. The minimum absolute atomic E-state index is 0.0225. The van der Waals surface area contributed by atoms with Gasteiger partial charge in [0.05, 0.1) is 12.1 Å². The number of amides is 1. The monoisotopic (exact) mass is 393 g/mol. The predicted octanol–water partition coefficient (Wildman–Crippen LogP) is 4.33. The Labute approximate surface area is 156 Å². The molecule has 140 valence electrons. The van der Waals surface area contributed by atoms with E-state index in [0.717, 1.165) is 17.0 Å². The number of halogens is 3. The number of alkyl halides is 3. The summed E-state index contributed by atoms with van der Waals surface area (Å²) in [5, 5.41) is 5.89. The van der Waals surface area contributed by atoms with Crippen molar-refractivity contribution in [1.82, 2.24) is 15.0 Å². The van der Waals surface area contributed by atoms with Crippen LogP contribution in [0.25, 0.3) is 11.5 Å². The van der Waals surface area contributed by atoms with Gasteiger partial charge in [0.15, 0.2) is 5.82 Å². The van der Waals surface area contributed by atoms with Crippen molar-refractivity contribution in [2.24, 2.45) is 0 Å². The van der Waals surface area contributed by atoms with Crippen molar-refractivity contribution in [1.29, 1.82) is 0 Å². The fourth-order valence-corrected chi connectivity index (χ4v) is 3.73. The van der Waals surface area contributed by atoms with Gasteiger partial charge >= 0.3 is 6.18 Å². The van der Waals surface area contributed by atoms with Crippen LogP contribution in [0.1, 0.15) is 28.6 Å². The van der Waals surface area contributed by atoms with Crippen molar-refractivity contribution >= 4 is 17.2 Å². The molecule has 2 aromatic heterocycles. The van der Waals surface area contributed by atoms with Crippen molar-refractivity contribution in [2.75, 3.05) is 6.54 Å². The average Bonchev–Trinajstić information content (AvgIpc) is 3.37. The second kappa shape index (κ2) is 6.80. The van der Waals surface area contributed by atoms with Crippen LogP contribution in [0.4, 0.5) is 13.2 Å². The van der Waals surface area contributed by atoms with Crippen LogP contribution in [0.15, 0.2) is 46.3 Å². The molecule has 0 bridgehead atoms. The smallest absolute Gasteiger partial charge is 0.337 e. The molecule has 0 aliphatic carbocycles. The summed E-state index contributed by atoms with van der Waals surface area (Å²) in [5.41, 5.74) is -0.335. The summed E-state index contributed by atoms with van der Waals surface area (Å²) >= 11 is 1.59. The van der Waals surface area contributed by atoms with Gasteiger partial charge < -0.3 is 9.42 Å². The minimum Gasteiger partial charge on any atom is -0.337 e. The van der Waals surface area contributed by atoms with Gasteiger partial charge in [0.25, 0.3) is 5.89 Å². The summed E-state index contributed by atoms with van der Waals surface area (Å²) < 4.78 is 43.2. The van der Waals surface area contributed by atoms with E-state index in [1.54, 1.807) is 16.2 Å². The number of thiophene rings is 1. The van der Waals surface area contributed by atoms with Gasteiger partial charge in [-0.2, -0.15) is 18.2 Å². The number of rotatable bonds is 4. The number of nitrogens with zero attached hydrogens (tertiary/aromatic N) is 3. The molecule has 0 spiro atoms. The number of carbonyl (C=O) groups excluding carboxylic acids is 1. The summed E-state index contributed by atoms with van der Waals surface area (Å²) in [5.74, 6) is 0.369. The van der Waals surface area contributed by atoms with Gasteiger partial charge in [-0.3, -0.25) is 4.79 Å². The number of hydrogen-bond donors (Lipinski definition) is 0. The van der Waals surface area contributed by atoms with Gasteiger partial charge in [0.1, 0.15) is 0 Å². The van der Waals surface area contributed by atoms with Crippen LogP contribution in [0, 0.1) is 0 Å². The Morgan fingerprint density at radius 3 is 2.67 bits per heavy atom. The van der Waals surface area contributed by atoms with E-state index in [4.69, 9.17) is 4.52 Å². The first-order valence-electron chi connectivity index (χ1n) is 8.21. The Kier molecular flexibility index (Phi) is 4.47. The Morgan fingerprint density at radius 2 is 2.00 bits per heavy atom. The van der Waals surface area contributed by atoms with E-state index in [-0.39, 0.29) is 24.1 Å².